The molecule has 1 aromatic carbocycles. The molecule has 0 radical (unpaired) electrons. The Hall–Kier alpha value is -2.65. The Labute approximate surface area is 141 Å². The number of aromatic nitrogens is 2. The highest BCUT2D eigenvalue weighted by Gasteiger charge is 2.37. The summed E-state index contributed by atoms with van der Waals surface area (Å²) in [5.41, 5.74) is 2.11. The number of nitrogens with zero attached hydrogens (tertiary/aromatic N) is 4. The molecule has 0 unspecified atom stereocenters. The molecule has 0 saturated carbocycles. The van der Waals surface area contributed by atoms with E-state index < -0.39 is 0 Å². The number of rotatable bonds is 4. The lowest BCUT2D eigenvalue weighted by Gasteiger charge is -2.27. The molecule has 1 aromatic heterocycles. The second kappa shape index (κ2) is 6.85. The monoisotopic (exact) mass is 324 g/mol. The third-order valence-corrected chi connectivity index (χ3v) is 4.49. The number of ether oxygens (including phenoxy) is 1. The quantitative estimate of drug-likeness (QED) is 0.859. The standard InChI is InChI=1S/C18H20N4O2/c1-21-12-14(11-20-21)9-16-17(24-2)6-7-22(16)18(23)15-5-3-4-13(8-15)10-19/h3-5,8,11-12,16-17H,6-7,9H2,1-2H3/t16-,17+/m0/s1. The van der Waals surface area contributed by atoms with Gasteiger partial charge in [-0.05, 0) is 36.6 Å². The average molecular weight is 324 g/mol. The molecule has 0 spiro atoms. The van der Waals surface area contributed by atoms with Gasteiger partial charge in [-0.1, -0.05) is 6.07 Å². The van der Waals surface area contributed by atoms with E-state index in [1.165, 1.54) is 0 Å². The normalized spacial score (nSPS) is 20.1. The minimum atomic E-state index is -0.0551. The molecule has 0 bridgehead atoms. The van der Waals surface area contributed by atoms with Gasteiger partial charge < -0.3 is 9.64 Å². The van der Waals surface area contributed by atoms with E-state index in [1.54, 1.807) is 36.1 Å². The van der Waals surface area contributed by atoms with Crippen molar-refractivity contribution < 1.29 is 9.53 Å². The molecular weight excluding hydrogens is 304 g/mol. The van der Waals surface area contributed by atoms with Crippen molar-refractivity contribution in [2.75, 3.05) is 13.7 Å². The van der Waals surface area contributed by atoms with Crippen molar-refractivity contribution in [3.05, 3.63) is 53.3 Å². The summed E-state index contributed by atoms with van der Waals surface area (Å²) in [6.45, 7) is 0.652. The van der Waals surface area contributed by atoms with Crippen LogP contribution >= 0.6 is 0 Å². The van der Waals surface area contributed by atoms with E-state index in [1.807, 2.05) is 24.3 Å². The minimum Gasteiger partial charge on any atom is -0.379 e. The van der Waals surface area contributed by atoms with Gasteiger partial charge in [-0.3, -0.25) is 9.48 Å². The first kappa shape index (κ1) is 16.2. The molecule has 1 saturated heterocycles. The van der Waals surface area contributed by atoms with E-state index in [0.29, 0.717) is 24.1 Å². The largest absolute Gasteiger partial charge is 0.379 e. The maximum Gasteiger partial charge on any atom is 0.254 e. The maximum absolute atomic E-state index is 12.9. The van der Waals surface area contributed by atoms with Gasteiger partial charge in [-0.15, -0.1) is 0 Å². The molecule has 1 aliphatic heterocycles. The van der Waals surface area contributed by atoms with E-state index in [4.69, 9.17) is 10.00 Å². The molecule has 6 heteroatoms. The number of hydrogen-bond acceptors (Lipinski definition) is 4. The minimum absolute atomic E-state index is 0.00769. The van der Waals surface area contributed by atoms with Crippen LogP contribution in [0.4, 0.5) is 0 Å². The van der Waals surface area contributed by atoms with Gasteiger partial charge in [0.15, 0.2) is 0 Å². The maximum atomic E-state index is 12.9. The summed E-state index contributed by atoms with van der Waals surface area (Å²) in [5.74, 6) is -0.0551. The Morgan fingerprint density at radius 2 is 2.33 bits per heavy atom. The van der Waals surface area contributed by atoms with Crippen molar-refractivity contribution in [1.82, 2.24) is 14.7 Å². The fourth-order valence-corrected chi connectivity index (χ4v) is 3.30. The number of likely N-dealkylation sites (tertiary alicyclic amines) is 1. The molecule has 24 heavy (non-hydrogen) atoms. The van der Waals surface area contributed by atoms with Crippen LogP contribution in [0.5, 0.6) is 0 Å². The van der Waals surface area contributed by atoms with Crippen LogP contribution in [0, 0.1) is 11.3 Å². The van der Waals surface area contributed by atoms with E-state index in [9.17, 15) is 4.79 Å². The van der Waals surface area contributed by atoms with Crippen LogP contribution in [-0.2, 0) is 18.2 Å². The molecule has 1 fully saturated rings. The summed E-state index contributed by atoms with van der Waals surface area (Å²) in [6, 6.07) is 8.89. The smallest absolute Gasteiger partial charge is 0.254 e. The number of benzene rings is 1. The Kier molecular flexibility index (Phi) is 4.63. The zero-order valence-corrected chi connectivity index (χ0v) is 13.8. The molecule has 124 valence electrons. The Morgan fingerprint density at radius 3 is 3.00 bits per heavy atom. The number of hydrogen-bond donors (Lipinski definition) is 0. The third kappa shape index (κ3) is 3.17. The number of amides is 1. The van der Waals surface area contributed by atoms with Crippen molar-refractivity contribution in [3.63, 3.8) is 0 Å². The zero-order chi connectivity index (χ0) is 17.1. The molecule has 0 N–H and O–H groups in total. The van der Waals surface area contributed by atoms with E-state index in [-0.39, 0.29) is 18.1 Å². The first-order chi connectivity index (χ1) is 11.6. The molecule has 3 rings (SSSR count). The summed E-state index contributed by atoms with van der Waals surface area (Å²) >= 11 is 0. The molecule has 2 atom stereocenters. The summed E-state index contributed by atoms with van der Waals surface area (Å²) < 4.78 is 7.35. The first-order valence-electron chi connectivity index (χ1n) is 7.94. The molecule has 6 nitrogen and oxygen atoms in total. The summed E-state index contributed by atoms with van der Waals surface area (Å²) in [4.78, 5) is 14.8. The molecule has 1 aliphatic rings. The fourth-order valence-electron chi connectivity index (χ4n) is 3.30. The summed E-state index contributed by atoms with van der Waals surface area (Å²) in [7, 11) is 3.56. The zero-order valence-electron chi connectivity index (χ0n) is 13.8. The van der Waals surface area contributed by atoms with Crippen molar-refractivity contribution in [1.29, 1.82) is 5.26 Å². The number of methoxy groups -OCH3 is 1. The topological polar surface area (TPSA) is 71.2 Å². The third-order valence-electron chi connectivity index (χ3n) is 4.49. The van der Waals surface area contributed by atoms with Crippen LogP contribution < -0.4 is 0 Å². The van der Waals surface area contributed by atoms with Crippen LogP contribution in [0.2, 0.25) is 0 Å². The highest BCUT2D eigenvalue weighted by atomic mass is 16.5. The highest BCUT2D eigenvalue weighted by Crippen LogP contribution is 2.26. The lowest BCUT2D eigenvalue weighted by Crippen LogP contribution is -2.41. The van der Waals surface area contributed by atoms with Crippen LogP contribution in [-0.4, -0.2) is 46.4 Å². The summed E-state index contributed by atoms with van der Waals surface area (Å²) in [6.07, 6.45) is 5.31. The van der Waals surface area contributed by atoms with E-state index >= 15 is 0 Å². The lowest BCUT2D eigenvalue weighted by molar-refractivity contribution is 0.0508. The van der Waals surface area contributed by atoms with Gasteiger partial charge in [0.05, 0.1) is 30.0 Å². The average Bonchev–Trinajstić information content (AvgIpc) is 3.20. The molecular formula is C18H20N4O2. The molecule has 2 aromatic rings. The van der Waals surface area contributed by atoms with Gasteiger partial charge in [-0.2, -0.15) is 10.4 Å². The number of aryl methyl sites for hydroxylation is 1. The second-order valence-corrected chi connectivity index (χ2v) is 6.05. The Morgan fingerprint density at radius 1 is 1.50 bits per heavy atom. The van der Waals surface area contributed by atoms with Crippen molar-refractivity contribution in [2.24, 2.45) is 7.05 Å². The number of carbonyl (C=O) groups is 1. The SMILES string of the molecule is CO[C@@H]1CCN(C(=O)c2cccc(C#N)c2)[C@H]1Cc1cnn(C)c1. The van der Waals surface area contributed by atoms with Gasteiger partial charge in [0.2, 0.25) is 0 Å². The first-order valence-corrected chi connectivity index (χ1v) is 7.94. The Balaban J connectivity index is 1.84. The fraction of sp³-hybridized carbons (Fsp3) is 0.389. The van der Waals surface area contributed by atoms with Gasteiger partial charge in [0.1, 0.15) is 0 Å². The predicted octanol–water partition coefficient (Wildman–Crippen LogP) is 1.76. The van der Waals surface area contributed by atoms with Gasteiger partial charge in [-0.25, -0.2) is 0 Å². The van der Waals surface area contributed by atoms with E-state index in [2.05, 4.69) is 11.2 Å². The molecule has 2 heterocycles. The lowest BCUT2D eigenvalue weighted by atomic mass is 10.0. The van der Waals surface area contributed by atoms with Gasteiger partial charge >= 0.3 is 0 Å². The number of carbonyl (C=O) groups excluding carboxylic acids is 1. The van der Waals surface area contributed by atoms with Crippen molar-refractivity contribution in [2.45, 2.75) is 25.0 Å². The van der Waals surface area contributed by atoms with Crippen molar-refractivity contribution in [3.8, 4) is 6.07 Å². The van der Waals surface area contributed by atoms with Crippen LogP contribution in [0.1, 0.15) is 27.9 Å². The van der Waals surface area contributed by atoms with Crippen LogP contribution in [0.3, 0.4) is 0 Å². The Bertz CT molecular complexity index is 777. The van der Waals surface area contributed by atoms with Crippen LogP contribution in [0.15, 0.2) is 36.7 Å². The molecule has 0 aliphatic carbocycles. The predicted molar refractivity (Wildman–Crippen MR) is 88.3 cm³/mol. The van der Waals surface area contributed by atoms with Gasteiger partial charge in [0.25, 0.3) is 5.91 Å². The van der Waals surface area contributed by atoms with Crippen molar-refractivity contribution >= 4 is 5.91 Å². The number of nitriles is 1. The van der Waals surface area contributed by atoms with Gasteiger partial charge in [0, 0.05) is 32.5 Å². The second-order valence-electron chi connectivity index (χ2n) is 6.05. The van der Waals surface area contributed by atoms with E-state index in [0.717, 1.165) is 12.0 Å². The summed E-state index contributed by atoms with van der Waals surface area (Å²) in [5, 5.41) is 13.2. The highest BCUT2D eigenvalue weighted by molar-refractivity contribution is 5.95. The molecule has 1 amide bonds. The van der Waals surface area contributed by atoms with Crippen LogP contribution in [0.25, 0.3) is 0 Å².